The maximum Gasteiger partial charge on any atom is -0.0277 e. The van der Waals surface area contributed by atoms with E-state index < -0.39 is 0 Å². The van der Waals surface area contributed by atoms with E-state index in [0.29, 0.717) is 5.41 Å². The molecule has 0 aromatic carbocycles. The summed E-state index contributed by atoms with van der Waals surface area (Å²) in [6, 6.07) is 0. The molecule has 0 saturated carbocycles. The minimum atomic E-state index is 0.537. The van der Waals surface area contributed by atoms with Crippen LogP contribution in [-0.2, 0) is 0 Å². The van der Waals surface area contributed by atoms with Gasteiger partial charge in [0.1, 0.15) is 0 Å². The van der Waals surface area contributed by atoms with Gasteiger partial charge in [0.2, 0.25) is 0 Å². The lowest BCUT2D eigenvalue weighted by atomic mass is 9.64. The number of unbranched alkanes of at least 4 members (excludes halogenated alkanes) is 3. The van der Waals surface area contributed by atoms with Gasteiger partial charge >= 0.3 is 0 Å². The highest BCUT2D eigenvalue weighted by molar-refractivity contribution is 4.84. The molecule has 0 rings (SSSR count). The molecule has 0 radical (unpaired) electrons. The average Bonchev–Trinajstić information content (AvgIpc) is 2.34. The van der Waals surface area contributed by atoms with Crippen LogP contribution >= 0.6 is 0 Å². The highest BCUT2D eigenvalue weighted by Gasteiger charge is 2.34. The van der Waals surface area contributed by atoms with Gasteiger partial charge < -0.3 is 0 Å². The molecule has 116 valence electrons. The van der Waals surface area contributed by atoms with Crippen LogP contribution in [0.25, 0.3) is 0 Å². The lowest BCUT2D eigenvalue weighted by Gasteiger charge is -2.41. The standard InChI is InChI=1S/C19H40/c1-8-10-11-12-14-19(7,16(3)4)18(6)15-17(5)13-9-2/h16-18H,8-15H2,1-7H3. The van der Waals surface area contributed by atoms with E-state index in [9.17, 15) is 0 Å². The Balaban J connectivity index is 4.41. The third-order valence-electron chi connectivity index (χ3n) is 5.55. The van der Waals surface area contributed by atoms with E-state index in [1.165, 1.54) is 51.4 Å². The maximum absolute atomic E-state index is 2.55. The van der Waals surface area contributed by atoms with Crippen molar-refractivity contribution in [1.82, 2.24) is 0 Å². The SMILES string of the molecule is CCCCCCC(C)(C(C)C)C(C)CC(C)CCC. The Morgan fingerprint density at radius 2 is 1.47 bits per heavy atom. The fourth-order valence-corrected chi connectivity index (χ4v) is 3.52. The Labute approximate surface area is 123 Å². The van der Waals surface area contributed by atoms with Gasteiger partial charge in [0.25, 0.3) is 0 Å². The molecule has 0 heteroatoms. The van der Waals surface area contributed by atoms with E-state index in [1.807, 2.05) is 0 Å². The topological polar surface area (TPSA) is 0 Å². The summed E-state index contributed by atoms with van der Waals surface area (Å²) in [6.07, 6.45) is 11.2. The molecule has 0 aromatic heterocycles. The molecule has 0 aromatic rings. The van der Waals surface area contributed by atoms with Crippen molar-refractivity contribution in [1.29, 1.82) is 0 Å². The third kappa shape index (κ3) is 6.82. The summed E-state index contributed by atoms with van der Waals surface area (Å²) >= 11 is 0. The Morgan fingerprint density at radius 3 is 1.95 bits per heavy atom. The molecule has 3 unspecified atom stereocenters. The van der Waals surface area contributed by atoms with Crippen LogP contribution in [0.1, 0.15) is 99.8 Å². The first kappa shape index (κ1) is 19.0. The minimum absolute atomic E-state index is 0.537. The lowest BCUT2D eigenvalue weighted by molar-refractivity contribution is 0.0885. The van der Waals surface area contributed by atoms with Gasteiger partial charge in [-0.1, -0.05) is 87.0 Å². The highest BCUT2D eigenvalue weighted by Crippen LogP contribution is 2.43. The van der Waals surface area contributed by atoms with Crippen molar-refractivity contribution in [3.05, 3.63) is 0 Å². The molecule has 0 nitrogen and oxygen atoms in total. The van der Waals surface area contributed by atoms with Crippen molar-refractivity contribution in [3.63, 3.8) is 0 Å². The van der Waals surface area contributed by atoms with E-state index >= 15 is 0 Å². The van der Waals surface area contributed by atoms with Crippen molar-refractivity contribution in [2.75, 3.05) is 0 Å². The maximum atomic E-state index is 2.55. The van der Waals surface area contributed by atoms with Crippen LogP contribution in [0.3, 0.4) is 0 Å². The fraction of sp³-hybridized carbons (Fsp3) is 1.00. The number of hydrogen-bond donors (Lipinski definition) is 0. The summed E-state index contributed by atoms with van der Waals surface area (Å²) in [7, 11) is 0. The quantitative estimate of drug-likeness (QED) is 0.351. The van der Waals surface area contributed by atoms with Crippen molar-refractivity contribution in [3.8, 4) is 0 Å². The molecular formula is C19H40. The summed E-state index contributed by atoms with van der Waals surface area (Å²) < 4.78 is 0. The van der Waals surface area contributed by atoms with E-state index in [1.54, 1.807) is 0 Å². The Bertz CT molecular complexity index is 206. The summed E-state index contributed by atoms with van der Waals surface area (Å²) in [5.74, 6) is 2.56. The molecule has 0 saturated heterocycles. The van der Waals surface area contributed by atoms with Gasteiger partial charge in [-0.3, -0.25) is 0 Å². The molecular weight excluding hydrogens is 228 g/mol. The summed E-state index contributed by atoms with van der Waals surface area (Å²) in [5.41, 5.74) is 0.537. The first-order valence-electron chi connectivity index (χ1n) is 8.88. The Hall–Kier alpha value is 0. The van der Waals surface area contributed by atoms with Crippen LogP contribution in [0, 0.1) is 23.2 Å². The highest BCUT2D eigenvalue weighted by atomic mass is 14.4. The molecule has 0 aliphatic carbocycles. The van der Waals surface area contributed by atoms with Gasteiger partial charge in [-0.25, -0.2) is 0 Å². The average molecular weight is 269 g/mol. The van der Waals surface area contributed by atoms with Crippen molar-refractivity contribution in [2.45, 2.75) is 99.8 Å². The van der Waals surface area contributed by atoms with Crippen LogP contribution in [-0.4, -0.2) is 0 Å². The van der Waals surface area contributed by atoms with Gasteiger partial charge in [-0.05, 0) is 36.0 Å². The minimum Gasteiger partial charge on any atom is -0.0654 e. The molecule has 3 atom stereocenters. The predicted octanol–water partition coefficient (Wildman–Crippen LogP) is 7.08. The zero-order valence-corrected chi connectivity index (χ0v) is 14.9. The monoisotopic (exact) mass is 268 g/mol. The second-order valence-corrected chi connectivity index (χ2v) is 7.50. The fourth-order valence-electron chi connectivity index (χ4n) is 3.52. The van der Waals surface area contributed by atoms with Crippen LogP contribution in [0.4, 0.5) is 0 Å². The molecule has 0 N–H and O–H groups in total. The van der Waals surface area contributed by atoms with Gasteiger partial charge in [0.15, 0.2) is 0 Å². The van der Waals surface area contributed by atoms with E-state index in [4.69, 9.17) is 0 Å². The predicted molar refractivity (Wildman–Crippen MR) is 89.6 cm³/mol. The number of rotatable bonds is 11. The molecule has 0 bridgehead atoms. The van der Waals surface area contributed by atoms with Crippen molar-refractivity contribution in [2.24, 2.45) is 23.2 Å². The summed E-state index contributed by atoms with van der Waals surface area (Å²) in [6.45, 7) is 17.0. The van der Waals surface area contributed by atoms with Gasteiger partial charge in [0.05, 0.1) is 0 Å². The van der Waals surface area contributed by atoms with E-state index in [0.717, 1.165) is 17.8 Å². The van der Waals surface area contributed by atoms with Crippen molar-refractivity contribution < 1.29 is 0 Å². The molecule has 19 heavy (non-hydrogen) atoms. The third-order valence-corrected chi connectivity index (χ3v) is 5.55. The molecule has 0 aliphatic rings. The number of hydrogen-bond acceptors (Lipinski definition) is 0. The van der Waals surface area contributed by atoms with Crippen LogP contribution in [0.15, 0.2) is 0 Å². The molecule has 0 spiro atoms. The first-order chi connectivity index (χ1) is 8.88. The second-order valence-electron chi connectivity index (χ2n) is 7.50. The van der Waals surface area contributed by atoms with Gasteiger partial charge in [0, 0.05) is 0 Å². The largest absolute Gasteiger partial charge is 0.0654 e. The van der Waals surface area contributed by atoms with Crippen LogP contribution < -0.4 is 0 Å². The van der Waals surface area contributed by atoms with E-state index in [2.05, 4.69) is 48.5 Å². The lowest BCUT2D eigenvalue weighted by Crippen LogP contribution is -2.32. The van der Waals surface area contributed by atoms with Crippen LogP contribution in [0.2, 0.25) is 0 Å². The summed E-state index contributed by atoms with van der Waals surface area (Å²) in [5, 5.41) is 0. The van der Waals surface area contributed by atoms with E-state index in [-0.39, 0.29) is 0 Å². The molecule has 0 fully saturated rings. The Morgan fingerprint density at radius 1 is 0.842 bits per heavy atom. The van der Waals surface area contributed by atoms with Gasteiger partial charge in [-0.2, -0.15) is 0 Å². The zero-order valence-electron chi connectivity index (χ0n) is 14.9. The first-order valence-corrected chi connectivity index (χ1v) is 8.88. The van der Waals surface area contributed by atoms with Crippen LogP contribution in [0.5, 0.6) is 0 Å². The zero-order chi connectivity index (χ0) is 14.9. The Kier molecular flexibility index (Phi) is 9.83. The smallest absolute Gasteiger partial charge is 0.0277 e. The summed E-state index contributed by atoms with van der Waals surface area (Å²) in [4.78, 5) is 0. The molecule has 0 amide bonds. The normalized spacial score (nSPS) is 18.3. The second kappa shape index (κ2) is 9.83. The molecule has 0 heterocycles. The molecule has 0 aliphatic heterocycles. The van der Waals surface area contributed by atoms with Crippen molar-refractivity contribution >= 4 is 0 Å². The van der Waals surface area contributed by atoms with Gasteiger partial charge in [-0.15, -0.1) is 0 Å².